The maximum atomic E-state index is 12.4. The second kappa shape index (κ2) is 6.94. The van der Waals surface area contributed by atoms with Crippen molar-refractivity contribution in [3.05, 3.63) is 0 Å². The lowest BCUT2D eigenvalue weighted by Gasteiger charge is -2.42. The van der Waals surface area contributed by atoms with Crippen LogP contribution >= 0.6 is 0 Å². The summed E-state index contributed by atoms with van der Waals surface area (Å²) in [6.45, 7) is 15.2. The predicted octanol–water partition coefficient (Wildman–Crippen LogP) is 3.93. The average molecular weight is 333 g/mol. The molecule has 21 heavy (non-hydrogen) atoms. The lowest BCUT2D eigenvalue weighted by atomic mass is 9.83. The summed E-state index contributed by atoms with van der Waals surface area (Å²) >= 11 is 0. The highest BCUT2D eigenvalue weighted by Crippen LogP contribution is 2.37. The lowest BCUT2D eigenvalue weighted by Crippen LogP contribution is -2.53. The van der Waals surface area contributed by atoms with Crippen LogP contribution in [0.5, 0.6) is 0 Å². The molecule has 1 rings (SSSR count). The number of esters is 1. The fourth-order valence-corrected chi connectivity index (χ4v) is 5.57. The van der Waals surface area contributed by atoms with Gasteiger partial charge in [0.1, 0.15) is 0 Å². The molecule has 0 heterocycles. The van der Waals surface area contributed by atoms with Crippen LogP contribution in [-0.4, -0.2) is 40.9 Å². The van der Waals surface area contributed by atoms with Crippen LogP contribution in [0.15, 0.2) is 0 Å². The van der Waals surface area contributed by atoms with Crippen molar-refractivity contribution in [3.63, 3.8) is 0 Å². The van der Waals surface area contributed by atoms with E-state index in [-0.39, 0.29) is 12.1 Å². The molecule has 0 radical (unpaired) electrons. The Morgan fingerprint density at radius 1 is 1.05 bits per heavy atom. The topological polar surface area (TPSA) is 44.8 Å². The SMILES string of the molecule is CCOC(=O)C1(O[Si](C)(C)C)CCC(O[Si](C)(C)C)CC1. The minimum Gasteiger partial charge on any atom is -0.464 e. The van der Waals surface area contributed by atoms with Gasteiger partial charge >= 0.3 is 5.97 Å². The summed E-state index contributed by atoms with van der Waals surface area (Å²) in [5, 5.41) is 0. The van der Waals surface area contributed by atoms with Gasteiger partial charge in [0.25, 0.3) is 0 Å². The number of hydrogen-bond acceptors (Lipinski definition) is 4. The van der Waals surface area contributed by atoms with Gasteiger partial charge in [0.2, 0.25) is 0 Å². The van der Waals surface area contributed by atoms with E-state index in [4.69, 9.17) is 13.6 Å². The molecular weight excluding hydrogens is 300 g/mol. The molecule has 0 spiro atoms. The van der Waals surface area contributed by atoms with Gasteiger partial charge in [0, 0.05) is 6.10 Å². The van der Waals surface area contributed by atoms with Crippen LogP contribution in [0.3, 0.4) is 0 Å². The van der Waals surface area contributed by atoms with Gasteiger partial charge in [-0.2, -0.15) is 0 Å². The molecule has 0 amide bonds. The van der Waals surface area contributed by atoms with E-state index in [0.29, 0.717) is 19.4 Å². The van der Waals surface area contributed by atoms with E-state index in [2.05, 4.69) is 39.3 Å². The van der Waals surface area contributed by atoms with Crippen molar-refractivity contribution in [2.75, 3.05) is 6.61 Å². The fraction of sp³-hybridized carbons (Fsp3) is 0.933. The van der Waals surface area contributed by atoms with Crippen LogP contribution in [0, 0.1) is 0 Å². The van der Waals surface area contributed by atoms with Gasteiger partial charge in [0.15, 0.2) is 22.2 Å². The minimum atomic E-state index is -1.81. The molecule has 1 saturated carbocycles. The van der Waals surface area contributed by atoms with Gasteiger partial charge in [-0.3, -0.25) is 0 Å². The predicted molar refractivity (Wildman–Crippen MR) is 90.5 cm³/mol. The molecule has 1 fully saturated rings. The van der Waals surface area contributed by atoms with E-state index in [1.165, 1.54) is 0 Å². The highest BCUT2D eigenvalue weighted by atomic mass is 28.4. The molecule has 0 aliphatic heterocycles. The molecule has 6 heteroatoms. The van der Waals surface area contributed by atoms with Crippen molar-refractivity contribution >= 4 is 22.6 Å². The van der Waals surface area contributed by atoms with Crippen LogP contribution in [0.2, 0.25) is 39.3 Å². The Bertz CT molecular complexity index is 350. The quantitative estimate of drug-likeness (QED) is 0.546. The van der Waals surface area contributed by atoms with Crippen LogP contribution in [0.25, 0.3) is 0 Å². The van der Waals surface area contributed by atoms with E-state index >= 15 is 0 Å². The molecule has 0 N–H and O–H groups in total. The molecule has 4 nitrogen and oxygen atoms in total. The molecule has 0 bridgehead atoms. The van der Waals surface area contributed by atoms with Gasteiger partial charge in [-0.15, -0.1) is 0 Å². The van der Waals surface area contributed by atoms with Crippen LogP contribution in [0.4, 0.5) is 0 Å². The van der Waals surface area contributed by atoms with E-state index in [0.717, 1.165) is 12.8 Å². The van der Waals surface area contributed by atoms with Crippen molar-refractivity contribution in [2.45, 2.75) is 83.6 Å². The Balaban J connectivity index is 2.77. The summed E-state index contributed by atoms with van der Waals surface area (Å²) in [5.74, 6) is -0.182. The summed E-state index contributed by atoms with van der Waals surface area (Å²) in [7, 11) is -3.34. The van der Waals surface area contributed by atoms with Crippen LogP contribution in [0.1, 0.15) is 32.6 Å². The Kier molecular flexibility index (Phi) is 6.23. The molecule has 1 aliphatic rings. The molecule has 0 aromatic heterocycles. The summed E-state index contributed by atoms with van der Waals surface area (Å²) in [4.78, 5) is 12.4. The van der Waals surface area contributed by atoms with Gasteiger partial charge in [-0.25, -0.2) is 4.79 Å². The van der Waals surface area contributed by atoms with Gasteiger partial charge in [-0.1, -0.05) is 0 Å². The first-order valence-corrected chi connectivity index (χ1v) is 14.8. The van der Waals surface area contributed by atoms with Crippen molar-refractivity contribution in [2.24, 2.45) is 0 Å². The van der Waals surface area contributed by atoms with Crippen LogP contribution in [-0.2, 0) is 18.4 Å². The summed E-state index contributed by atoms with van der Waals surface area (Å²) in [5.41, 5.74) is -0.736. The summed E-state index contributed by atoms with van der Waals surface area (Å²) in [6, 6.07) is 0. The molecular formula is C15H32O4Si2. The lowest BCUT2D eigenvalue weighted by molar-refractivity contribution is -0.167. The molecule has 124 valence electrons. The van der Waals surface area contributed by atoms with Crippen LogP contribution < -0.4 is 0 Å². The maximum Gasteiger partial charge on any atom is 0.337 e. The van der Waals surface area contributed by atoms with Crippen molar-refractivity contribution in [3.8, 4) is 0 Å². The van der Waals surface area contributed by atoms with Crippen molar-refractivity contribution < 1.29 is 18.4 Å². The smallest absolute Gasteiger partial charge is 0.337 e. The highest BCUT2D eigenvalue weighted by molar-refractivity contribution is 6.70. The third kappa shape index (κ3) is 6.22. The van der Waals surface area contributed by atoms with Gasteiger partial charge < -0.3 is 13.6 Å². The minimum absolute atomic E-state index is 0.182. The normalized spacial score (nSPS) is 27.5. The fourth-order valence-electron chi connectivity index (χ4n) is 2.87. The number of hydrogen-bond donors (Lipinski definition) is 0. The number of carbonyl (C=O) groups excluding carboxylic acids is 1. The van der Waals surface area contributed by atoms with E-state index in [1.54, 1.807) is 0 Å². The molecule has 0 aromatic rings. The molecule has 0 unspecified atom stereocenters. The molecule has 0 atom stereocenters. The second-order valence-electron chi connectivity index (χ2n) is 7.86. The molecule has 0 aromatic carbocycles. The Morgan fingerprint density at radius 3 is 1.95 bits per heavy atom. The standard InChI is InChI=1S/C15H32O4Si2/c1-8-17-14(16)15(19-21(5,6)7)11-9-13(10-12-15)18-20(2,3)4/h13H,8-12H2,1-7H3. The highest BCUT2D eigenvalue weighted by Gasteiger charge is 2.47. The first-order valence-electron chi connectivity index (χ1n) is 8.03. The third-order valence-electron chi connectivity index (χ3n) is 3.41. The molecule has 1 aliphatic carbocycles. The monoisotopic (exact) mass is 332 g/mol. The Labute approximate surface area is 131 Å². The van der Waals surface area contributed by atoms with Gasteiger partial charge in [0.05, 0.1) is 6.61 Å². The third-order valence-corrected chi connectivity index (χ3v) is 5.45. The second-order valence-corrected chi connectivity index (χ2v) is 16.7. The van der Waals surface area contributed by atoms with E-state index in [9.17, 15) is 4.79 Å². The van der Waals surface area contributed by atoms with Crippen molar-refractivity contribution in [1.29, 1.82) is 0 Å². The largest absolute Gasteiger partial charge is 0.464 e. The Morgan fingerprint density at radius 2 is 1.57 bits per heavy atom. The maximum absolute atomic E-state index is 12.4. The molecule has 0 saturated heterocycles. The number of ether oxygens (including phenoxy) is 1. The zero-order valence-electron chi connectivity index (χ0n) is 14.7. The van der Waals surface area contributed by atoms with E-state index < -0.39 is 22.2 Å². The zero-order chi connectivity index (χ0) is 16.3. The summed E-state index contributed by atoms with van der Waals surface area (Å²) < 4.78 is 17.8. The summed E-state index contributed by atoms with van der Waals surface area (Å²) in [6.07, 6.45) is 3.46. The van der Waals surface area contributed by atoms with Crippen molar-refractivity contribution in [1.82, 2.24) is 0 Å². The number of rotatable bonds is 6. The van der Waals surface area contributed by atoms with Gasteiger partial charge in [-0.05, 0) is 71.9 Å². The average Bonchev–Trinajstić information content (AvgIpc) is 2.28. The zero-order valence-corrected chi connectivity index (χ0v) is 16.7. The number of carbonyl (C=O) groups is 1. The first kappa shape index (κ1) is 18.9. The van der Waals surface area contributed by atoms with E-state index in [1.807, 2.05) is 6.92 Å². The Hall–Kier alpha value is -0.176. The first-order chi connectivity index (χ1) is 9.47.